The van der Waals surface area contributed by atoms with Crippen LogP contribution in [0.2, 0.25) is 0 Å². The molecule has 2 unspecified atom stereocenters. The van der Waals surface area contributed by atoms with E-state index in [9.17, 15) is 28.2 Å². The Morgan fingerprint density at radius 2 is 1.71 bits per heavy atom. The van der Waals surface area contributed by atoms with Crippen LogP contribution in [0.4, 0.5) is 0 Å². The van der Waals surface area contributed by atoms with Gasteiger partial charge in [-0.1, -0.05) is 5.11 Å². The molecule has 25 heteroatoms. The van der Waals surface area contributed by atoms with Gasteiger partial charge in [-0.05, 0) is 12.5 Å². The van der Waals surface area contributed by atoms with Crippen molar-refractivity contribution in [1.29, 1.82) is 0 Å². The maximum absolute atomic E-state index is 12.0. The first kappa shape index (κ1) is 37.7. The molecular weight excluding hydrogens is 547 g/mol. The van der Waals surface area contributed by atoms with Crippen molar-refractivity contribution in [2.45, 2.75) is 31.7 Å². The fourth-order valence-electron chi connectivity index (χ4n) is 2.49. The summed E-state index contributed by atoms with van der Waals surface area (Å²) in [5.41, 5.74) is 7.38. The number of aromatic nitrogens is 2. The molecule has 0 aromatic carbocycles. The molecule has 17 N–H and O–H groups in total. The Hall–Kier alpha value is -1.80. The quantitative estimate of drug-likeness (QED) is 0.0850. The summed E-state index contributed by atoms with van der Waals surface area (Å²) in [7, 11) is -16.7. The molecule has 0 amide bonds. The number of nitrogens with zero attached hydrogens (tertiary/aromatic N) is 4. The number of aryl methyl sites for hydroxylation is 1. The maximum atomic E-state index is 12.0. The largest absolute Gasteiger partial charge is 0.490 e. The van der Waals surface area contributed by atoms with Gasteiger partial charge in [0.1, 0.15) is 6.23 Å². The number of nitrogens with one attached hydrogen (secondary N) is 1. The van der Waals surface area contributed by atoms with Crippen LogP contribution in [0.3, 0.4) is 0 Å². The average molecular weight is 575 g/mol. The smallest absolute Gasteiger partial charge is 0.352 e. The predicted molar refractivity (Wildman–Crippen MR) is 117 cm³/mol. The number of phosphoric acid groups is 3. The third-order valence-corrected chi connectivity index (χ3v) is 7.48. The molecule has 0 bridgehead atoms. The van der Waals surface area contributed by atoms with Gasteiger partial charge in [0.15, 0.2) is 0 Å². The molecule has 0 radical (unpaired) electrons. The molecule has 5 atom stereocenters. The Morgan fingerprint density at radius 3 is 2.23 bits per heavy atom. The molecule has 0 aliphatic carbocycles. The molecule has 0 saturated carbocycles. The number of phosphoric ester groups is 1. The molecule has 1 aromatic rings. The van der Waals surface area contributed by atoms with Crippen molar-refractivity contribution in [1.82, 2.24) is 34.2 Å². The van der Waals surface area contributed by atoms with E-state index >= 15 is 0 Å². The monoisotopic (exact) mass is 575 g/mol. The minimum atomic E-state index is -5.70. The summed E-state index contributed by atoms with van der Waals surface area (Å²) in [5, 5.41) is 3.42. The molecule has 2 rings (SSSR count). The zero-order valence-electron chi connectivity index (χ0n) is 18.1. The molecule has 35 heavy (non-hydrogen) atoms. The van der Waals surface area contributed by atoms with E-state index in [2.05, 4.69) is 23.2 Å². The first-order chi connectivity index (χ1) is 14.1. The van der Waals surface area contributed by atoms with Crippen LogP contribution < -0.4 is 35.9 Å². The minimum Gasteiger partial charge on any atom is -0.352 e. The zero-order chi connectivity index (χ0) is 23.6. The van der Waals surface area contributed by atoms with Gasteiger partial charge in [0.25, 0.3) is 5.56 Å². The number of H-pyrrole nitrogens is 1. The van der Waals surface area contributed by atoms with Crippen molar-refractivity contribution in [2.24, 2.45) is 5.11 Å². The molecule has 22 nitrogen and oxygen atoms in total. The van der Waals surface area contributed by atoms with Crippen LogP contribution in [0, 0.1) is 6.92 Å². The first-order valence-electron chi connectivity index (χ1n) is 7.92. The molecule has 206 valence electrons. The lowest BCUT2D eigenvalue weighted by Crippen LogP contribution is -2.33. The van der Waals surface area contributed by atoms with E-state index in [1.807, 2.05) is 4.98 Å². The summed E-state index contributed by atoms with van der Waals surface area (Å²) in [4.78, 5) is 63.7. The van der Waals surface area contributed by atoms with E-state index in [0.29, 0.717) is 0 Å². The highest BCUT2D eigenvalue weighted by molar-refractivity contribution is 7.66. The third-order valence-electron chi connectivity index (χ3n) is 3.68. The van der Waals surface area contributed by atoms with Crippen molar-refractivity contribution in [3.8, 4) is 0 Å². The topological polar surface area (TPSA) is 413 Å². The fourth-order valence-corrected chi connectivity index (χ4v) is 5.52. The van der Waals surface area contributed by atoms with Gasteiger partial charge >= 0.3 is 29.2 Å². The summed E-state index contributed by atoms with van der Waals surface area (Å²) < 4.78 is 51.8. The van der Waals surface area contributed by atoms with Gasteiger partial charge < -0.3 is 48.9 Å². The number of aromatic amines is 1. The third kappa shape index (κ3) is 11.2. The van der Waals surface area contributed by atoms with Crippen molar-refractivity contribution in [3.05, 3.63) is 43.0 Å². The lowest BCUT2D eigenvalue weighted by Gasteiger charge is -2.19. The fraction of sp³-hybridized carbons (Fsp3) is 0.600. The van der Waals surface area contributed by atoms with Gasteiger partial charge in [-0.3, -0.25) is 18.9 Å². The molecule has 2 heterocycles. The summed E-state index contributed by atoms with van der Waals surface area (Å²) in [6, 6.07) is -1.04. The Morgan fingerprint density at radius 1 is 1.14 bits per heavy atom. The molecule has 1 fully saturated rings. The van der Waals surface area contributed by atoms with Gasteiger partial charge in [-0.15, -0.1) is 0 Å². The Bertz CT molecular complexity index is 1140. The number of hydrogen-bond acceptors (Lipinski definition) is 14. The van der Waals surface area contributed by atoms with Crippen LogP contribution >= 0.6 is 23.5 Å². The van der Waals surface area contributed by atoms with Crippen molar-refractivity contribution in [2.75, 3.05) is 6.61 Å². The second-order valence-corrected chi connectivity index (χ2v) is 10.4. The van der Waals surface area contributed by atoms with Crippen LogP contribution in [0.1, 0.15) is 18.2 Å². The molecule has 1 aliphatic heterocycles. The highest BCUT2D eigenvalue weighted by Gasteiger charge is 2.43. The highest BCUT2D eigenvalue weighted by atomic mass is 31.3. The normalized spacial score (nSPS) is 22.5. The molecule has 1 aliphatic rings. The SMILES string of the molecule is Cc1cn([C@H]2C[C@@H](N=[N+]=[N-])[C@@H](COP(=O)(O)OP(=O)(O)OP(=O)(O)O)O2)c(=O)[nH]c1=O.N.N.N.N. The molecular formula is C10H28N9O13P3. The number of azide groups is 1. The van der Waals surface area contributed by atoms with Gasteiger partial charge in [-0.2, -0.15) is 8.62 Å². The van der Waals surface area contributed by atoms with E-state index in [4.69, 9.17) is 24.9 Å². The molecule has 1 saturated heterocycles. The van der Waals surface area contributed by atoms with Crippen LogP contribution in [0.15, 0.2) is 20.9 Å². The van der Waals surface area contributed by atoms with E-state index in [0.717, 1.165) is 4.57 Å². The van der Waals surface area contributed by atoms with Crippen molar-refractivity contribution >= 4 is 23.5 Å². The van der Waals surface area contributed by atoms with Crippen LogP contribution in [-0.4, -0.2) is 47.9 Å². The Kier molecular flexibility index (Phi) is 15.2. The van der Waals surface area contributed by atoms with Gasteiger partial charge in [0, 0.05) is 23.1 Å². The van der Waals surface area contributed by atoms with Crippen molar-refractivity contribution in [3.63, 3.8) is 0 Å². The minimum absolute atomic E-state index is 0. The number of rotatable bonds is 9. The standard InChI is InChI=1S/C10H16N5O13P3.4H3N/c1-5-3-15(10(17)12-9(5)16)8-2-6(13-14-11)7(26-8)4-25-30(21,22)28-31(23,24)27-29(18,19)20;;;;/h3,6-8H,2,4H2,1H3,(H,21,22)(H,23,24)(H,12,16,17)(H2,18,19,20);4*1H3/t6-,7-,8-;;;;/m1..../s1. The van der Waals surface area contributed by atoms with Gasteiger partial charge in [0.05, 0.1) is 18.8 Å². The zero-order valence-corrected chi connectivity index (χ0v) is 20.8. The number of hydrogen-bond donors (Lipinski definition) is 9. The van der Waals surface area contributed by atoms with E-state index in [1.165, 1.54) is 13.1 Å². The average Bonchev–Trinajstić information content (AvgIpc) is 2.96. The molecule has 0 spiro atoms. The maximum Gasteiger partial charge on any atom is 0.490 e. The lowest BCUT2D eigenvalue weighted by molar-refractivity contribution is -0.0267. The van der Waals surface area contributed by atoms with Crippen LogP contribution in [0.5, 0.6) is 0 Å². The van der Waals surface area contributed by atoms with Gasteiger partial charge in [-0.25, -0.2) is 18.5 Å². The van der Waals surface area contributed by atoms with Gasteiger partial charge in [0.2, 0.25) is 0 Å². The van der Waals surface area contributed by atoms with Crippen LogP contribution in [0.25, 0.3) is 10.4 Å². The highest BCUT2D eigenvalue weighted by Crippen LogP contribution is 2.66. The van der Waals surface area contributed by atoms with Crippen LogP contribution in [-0.2, 0) is 31.6 Å². The second-order valence-electron chi connectivity index (χ2n) is 6.00. The Labute approximate surface area is 196 Å². The summed E-state index contributed by atoms with van der Waals surface area (Å²) in [6.45, 7) is 0.544. The lowest BCUT2D eigenvalue weighted by atomic mass is 10.1. The van der Waals surface area contributed by atoms with E-state index in [-0.39, 0.29) is 36.6 Å². The first-order valence-corrected chi connectivity index (χ1v) is 12.4. The Balaban J connectivity index is -0.00000256. The van der Waals surface area contributed by atoms with E-state index < -0.39 is 59.7 Å². The predicted octanol–water partition coefficient (Wildman–Crippen LogP) is 0.803. The summed E-state index contributed by atoms with van der Waals surface area (Å²) >= 11 is 0. The summed E-state index contributed by atoms with van der Waals surface area (Å²) in [5.74, 6) is 0. The second kappa shape index (κ2) is 14.1. The van der Waals surface area contributed by atoms with Crippen molar-refractivity contribution < 1.29 is 51.2 Å². The van der Waals surface area contributed by atoms with E-state index in [1.54, 1.807) is 0 Å². The summed E-state index contributed by atoms with van der Waals surface area (Å²) in [6.07, 6.45) is -1.26. The number of ether oxygens (including phenoxy) is 1. The molecule has 1 aromatic heterocycles.